The predicted molar refractivity (Wildman–Crippen MR) is 145 cm³/mol. The molecular formula is C26H35ClFN7O2. The fourth-order valence-electron chi connectivity index (χ4n) is 4.54. The Morgan fingerprint density at radius 2 is 1.81 bits per heavy atom. The second kappa shape index (κ2) is 12.5. The van der Waals surface area contributed by atoms with Crippen molar-refractivity contribution >= 4 is 40.8 Å². The molecule has 1 aliphatic rings. The summed E-state index contributed by atoms with van der Waals surface area (Å²) in [6.45, 7) is 7.06. The summed E-state index contributed by atoms with van der Waals surface area (Å²) in [5.74, 6) is -0.555. The van der Waals surface area contributed by atoms with Crippen molar-refractivity contribution in [3.05, 3.63) is 59.0 Å². The van der Waals surface area contributed by atoms with Crippen molar-refractivity contribution in [2.75, 3.05) is 44.7 Å². The van der Waals surface area contributed by atoms with E-state index in [-0.39, 0.29) is 43.1 Å². The van der Waals surface area contributed by atoms with Crippen molar-refractivity contribution in [1.82, 2.24) is 30.4 Å². The van der Waals surface area contributed by atoms with E-state index >= 15 is 0 Å². The number of aromatic nitrogens is 2. The van der Waals surface area contributed by atoms with Crippen LogP contribution in [0.1, 0.15) is 23.6 Å². The number of nitrogens with zero attached hydrogens (tertiary/aromatic N) is 5. The molecule has 0 fully saturated rings. The van der Waals surface area contributed by atoms with Gasteiger partial charge in [0.05, 0.1) is 24.8 Å². The molecular weight excluding hydrogens is 497 g/mol. The van der Waals surface area contributed by atoms with Gasteiger partial charge in [0, 0.05) is 51.3 Å². The average molecular weight is 532 g/mol. The largest absolute Gasteiger partial charge is 0.315 e. The summed E-state index contributed by atoms with van der Waals surface area (Å²) in [4.78, 5) is 27.8. The number of hydrogen-bond acceptors (Lipinski definition) is 6. The van der Waals surface area contributed by atoms with E-state index in [2.05, 4.69) is 15.7 Å². The number of carbonyl (C=O) groups excluding carboxylic acids is 2. The zero-order valence-electron chi connectivity index (χ0n) is 21.8. The van der Waals surface area contributed by atoms with Crippen LogP contribution in [0.4, 0.5) is 10.1 Å². The van der Waals surface area contributed by atoms with Crippen LogP contribution in [0.25, 0.3) is 10.9 Å². The van der Waals surface area contributed by atoms with Crippen LogP contribution in [0.3, 0.4) is 0 Å². The number of likely N-dealkylation sites (N-methyl/N-ethyl adjacent to an activating group) is 2. The maximum Gasteiger partial charge on any atom is 0.250 e. The number of halogens is 2. The van der Waals surface area contributed by atoms with Gasteiger partial charge in [0.25, 0.3) is 5.91 Å². The predicted octanol–water partition coefficient (Wildman–Crippen LogP) is 2.36. The minimum atomic E-state index is -0.277. The lowest BCUT2D eigenvalue weighted by atomic mass is 10.1. The molecule has 2 heterocycles. The van der Waals surface area contributed by atoms with E-state index in [0.717, 1.165) is 39.8 Å². The molecule has 0 aliphatic carbocycles. The minimum Gasteiger partial charge on any atom is -0.315 e. The molecule has 9 nitrogen and oxygen atoms in total. The molecule has 2 amide bonds. The fraction of sp³-hybridized carbons (Fsp3) is 0.423. The van der Waals surface area contributed by atoms with Gasteiger partial charge in [-0.05, 0) is 54.4 Å². The topological polar surface area (TPSA) is 85.7 Å². The highest BCUT2D eigenvalue weighted by Crippen LogP contribution is 2.27. The number of carbonyl (C=O) groups is 2. The van der Waals surface area contributed by atoms with Gasteiger partial charge in [-0.15, -0.1) is 12.4 Å². The van der Waals surface area contributed by atoms with E-state index in [1.165, 1.54) is 12.1 Å². The molecule has 3 aromatic rings. The highest BCUT2D eigenvalue weighted by molar-refractivity contribution is 5.98. The third kappa shape index (κ3) is 6.45. The molecule has 0 radical (unpaired) electrons. The number of nitrogens with one attached hydrogen (secondary N) is 2. The summed E-state index contributed by atoms with van der Waals surface area (Å²) >= 11 is 0. The van der Waals surface area contributed by atoms with Crippen molar-refractivity contribution in [3.63, 3.8) is 0 Å². The minimum absolute atomic E-state index is 0. The summed E-state index contributed by atoms with van der Waals surface area (Å²) in [7, 11) is 3.58. The number of fused-ring (bicyclic) bond motifs is 2. The Balaban J connectivity index is 0.00000380. The lowest BCUT2D eigenvalue weighted by Crippen LogP contribution is -2.47. The van der Waals surface area contributed by atoms with E-state index in [1.54, 1.807) is 27.7 Å². The Labute approximate surface area is 223 Å². The summed E-state index contributed by atoms with van der Waals surface area (Å²) < 4.78 is 15.3. The molecule has 0 unspecified atom stereocenters. The first-order chi connectivity index (χ1) is 17.3. The van der Waals surface area contributed by atoms with E-state index in [0.29, 0.717) is 26.2 Å². The molecule has 2 N–H and O–H groups in total. The van der Waals surface area contributed by atoms with Crippen molar-refractivity contribution in [3.8, 4) is 0 Å². The second-order valence-electron chi connectivity index (χ2n) is 9.12. The van der Waals surface area contributed by atoms with Gasteiger partial charge in [0.1, 0.15) is 5.82 Å². The van der Waals surface area contributed by atoms with Crippen LogP contribution in [-0.2, 0) is 29.7 Å². The number of benzene rings is 2. The Hall–Kier alpha value is -3.05. The number of rotatable bonds is 10. The van der Waals surface area contributed by atoms with Crippen molar-refractivity contribution in [1.29, 1.82) is 0 Å². The van der Waals surface area contributed by atoms with Crippen LogP contribution in [0.15, 0.2) is 36.5 Å². The Bertz CT molecular complexity index is 1270. The zero-order chi connectivity index (χ0) is 25.8. The van der Waals surface area contributed by atoms with Crippen LogP contribution in [0.2, 0.25) is 0 Å². The molecule has 0 atom stereocenters. The Morgan fingerprint density at radius 1 is 1.08 bits per heavy atom. The zero-order valence-corrected chi connectivity index (χ0v) is 22.6. The summed E-state index contributed by atoms with van der Waals surface area (Å²) in [6.07, 6.45) is 1.82. The number of hydrogen-bond donors (Lipinski definition) is 2. The van der Waals surface area contributed by atoms with Crippen molar-refractivity contribution < 1.29 is 14.0 Å². The molecule has 37 heavy (non-hydrogen) atoms. The van der Waals surface area contributed by atoms with E-state index < -0.39 is 0 Å². The number of hydrazine groups is 1. The van der Waals surface area contributed by atoms with Gasteiger partial charge in [-0.25, -0.2) is 9.40 Å². The molecule has 1 aliphatic heterocycles. The van der Waals surface area contributed by atoms with Crippen LogP contribution in [0, 0.1) is 12.7 Å². The van der Waals surface area contributed by atoms with Gasteiger partial charge in [-0.1, -0.05) is 13.0 Å². The van der Waals surface area contributed by atoms with Gasteiger partial charge in [0.2, 0.25) is 5.91 Å². The SMILES string of the molecule is CCNCCN(C(=O)CNCC(=O)N(C)N1Cc2ccc(F)cc2C1)c1cc2c(cnn2C)cc1C.Cl. The molecule has 11 heteroatoms. The fourth-order valence-corrected chi connectivity index (χ4v) is 4.54. The average Bonchev–Trinajstić information content (AvgIpc) is 3.43. The molecule has 1 aromatic heterocycles. The standard InChI is InChI=1S/C26H34FN7O2.ClH/c1-5-28-8-9-34(23-12-24-20(10-18(23)2)13-30-31(24)3)26(36)15-29-14-25(35)32(4)33-16-19-6-7-22(27)11-21(19)17-33;/h6-7,10-13,28-29H,5,8-9,14-17H2,1-4H3;1H. The van der Waals surface area contributed by atoms with Gasteiger partial charge >= 0.3 is 0 Å². The van der Waals surface area contributed by atoms with E-state index in [9.17, 15) is 14.0 Å². The number of amides is 2. The van der Waals surface area contributed by atoms with Crippen LogP contribution in [0.5, 0.6) is 0 Å². The van der Waals surface area contributed by atoms with Crippen LogP contribution < -0.4 is 15.5 Å². The first-order valence-corrected chi connectivity index (χ1v) is 12.2. The van der Waals surface area contributed by atoms with Gasteiger partial charge in [-0.3, -0.25) is 24.6 Å². The molecule has 0 bridgehead atoms. The van der Waals surface area contributed by atoms with Gasteiger partial charge in [-0.2, -0.15) is 5.10 Å². The maximum absolute atomic E-state index is 13.5. The van der Waals surface area contributed by atoms with Gasteiger partial charge in [0.15, 0.2) is 0 Å². The Morgan fingerprint density at radius 3 is 2.57 bits per heavy atom. The molecule has 200 valence electrons. The van der Waals surface area contributed by atoms with Crippen molar-refractivity contribution in [2.24, 2.45) is 7.05 Å². The quantitative estimate of drug-likeness (QED) is 0.391. The van der Waals surface area contributed by atoms with Crippen LogP contribution >= 0.6 is 12.4 Å². The Kier molecular flexibility index (Phi) is 9.61. The molecule has 2 aromatic carbocycles. The molecule has 0 saturated carbocycles. The summed E-state index contributed by atoms with van der Waals surface area (Å²) in [5.41, 5.74) is 4.67. The lowest BCUT2D eigenvalue weighted by molar-refractivity contribution is -0.145. The maximum atomic E-state index is 13.5. The van der Waals surface area contributed by atoms with Gasteiger partial charge < -0.3 is 10.2 Å². The van der Waals surface area contributed by atoms with Crippen molar-refractivity contribution in [2.45, 2.75) is 26.9 Å². The van der Waals surface area contributed by atoms with E-state index in [4.69, 9.17) is 0 Å². The summed E-state index contributed by atoms with van der Waals surface area (Å²) in [6, 6.07) is 8.74. The lowest BCUT2D eigenvalue weighted by Gasteiger charge is -2.28. The van der Waals surface area contributed by atoms with Crippen LogP contribution in [-0.4, -0.2) is 71.4 Å². The van der Waals surface area contributed by atoms with E-state index in [1.807, 2.05) is 44.2 Å². The second-order valence-corrected chi connectivity index (χ2v) is 9.12. The number of aryl methyl sites for hydroxylation is 2. The first-order valence-electron chi connectivity index (χ1n) is 12.2. The molecule has 0 spiro atoms. The monoisotopic (exact) mass is 531 g/mol. The normalized spacial score (nSPS) is 12.9. The smallest absolute Gasteiger partial charge is 0.250 e. The first kappa shape index (κ1) is 28.5. The highest BCUT2D eigenvalue weighted by Gasteiger charge is 2.26. The summed E-state index contributed by atoms with van der Waals surface area (Å²) in [5, 5.41) is 15.0. The molecule has 4 rings (SSSR count). The number of anilines is 1. The molecule has 0 saturated heterocycles. The highest BCUT2D eigenvalue weighted by atomic mass is 35.5. The third-order valence-electron chi connectivity index (χ3n) is 6.63. The third-order valence-corrected chi connectivity index (χ3v) is 6.63.